The van der Waals surface area contributed by atoms with Crippen LogP contribution in [-0.2, 0) is 28.7 Å². The number of carbonyl (C=O) groups is 4. The zero-order valence-corrected chi connectivity index (χ0v) is 16.7. The Balaban J connectivity index is 0.00000178. The highest BCUT2D eigenvalue weighted by Crippen LogP contribution is 2.19. The van der Waals surface area contributed by atoms with Crippen LogP contribution in [0.5, 0.6) is 5.88 Å². The molecule has 0 bridgehead atoms. The predicted molar refractivity (Wildman–Crippen MR) is 95.0 cm³/mol. The molecule has 29 heavy (non-hydrogen) atoms. The molecular weight excluding hydrogens is 388 g/mol. The van der Waals surface area contributed by atoms with E-state index < -0.39 is 43.1 Å². The highest BCUT2D eigenvalue weighted by molar-refractivity contribution is 5.90. The lowest BCUT2D eigenvalue weighted by Gasteiger charge is -2.21. The fourth-order valence-corrected chi connectivity index (χ4v) is 1.56. The number of aliphatic carboxylic acids is 2. The molecule has 0 saturated heterocycles. The van der Waals surface area contributed by atoms with E-state index in [4.69, 9.17) is 4.74 Å². The summed E-state index contributed by atoms with van der Waals surface area (Å²) in [4.78, 5) is 47.5. The van der Waals surface area contributed by atoms with E-state index in [0.717, 1.165) is 0 Å². The minimum absolute atomic E-state index is 0.258. The zero-order valence-electron chi connectivity index (χ0n) is 16.7. The topological polar surface area (TPSA) is 167 Å². The highest BCUT2D eigenvalue weighted by atomic mass is 16.7. The second-order valence-electron chi connectivity index (χ2n) is 5.60. The summed E-state index contributed by atoms with van der Waals surface area (Å²) in [5.41, 5.74) is 0.817. The molecule has 0 unspecified atom stereocenters. The van der Waals surface area contributed by atoms with Gasteiger partial charge in [0, 0.05) is 6.07 Å². The Hall–Kier alpha value is -3.37. The summed E-state index contributed by atoms with van der Waals surface area (Å²) < 4.78 is 14.2. The van der Waals surface area contributed by atoms with Gasteiger partial charge in [0.1, 0.15) is 0 Å². The van der Waals surface area contributed by atoms with Crippen molar-refractivity contribution < 1.29 is 43.6 Å². The van der Waals surface area contributed by atoms with Crippen LogP contribution in [0.3, 0.4) is 0 Å². The van der Waals surface area contributed by atoms with Gasteiger partial charge in [-0.1, -0.05) is 26.7 Å². The molecule has 162 valence electrons. The molecule has 1 heterocycles. The number of aryl methyl sites for hydroxylation is 1. The molecular formula is C18H24N2O9-2. The average Bonchev–Trinajstić information content (AvgIpc) is 2.61. The molecule has 0 amide bonds. The number of carboxylic acids is 2. The summed E-state index contributed by atoms with van der Waals surface area (Å²) in [6.07, 6.45) is -0.0421. The number of anilines is 1. The smallest absolute Gasteiger partial charge is 0.329 e. The van der Waals surface area contributed by atoms with Gasteiger partial charge in [-0.2, -0.15) is 0 Å². The van der Waals surface area contributed by atoms with Crippen LogP contribution in [-0.4, -0.2) is 42.4 Å². The number of ether oxygens (including phenoxy) is 3. The molecule has 0 aliphatic carbocycles. The molecule has 0 radical (unpaired) electrons. The van der Waals surface area contributed by atoms with Gasteiger partial charge in [0.15, 0.2) is 0 Å². The van der Waals surface area contributed by atoms with Crippen molar-refractivity contribution in [2.24, 2.45) is 0 Å². The van der Waals surface area contributed by atoms with Crippen LogP contribution in [0, 0.1) is 6.92 Å². The Morgan fingerprint density at radius 3 is 1.86 bits per heavy atom. The Bertz CT molecular complexity index is 675. The molecule has 1 rings (SSSR count). The predicted octanol–water partition coefficient (Wildman–Crippen LogP) is -0.733. The fourth-order valence-electron chi connectivity index (χ4n) is 1.56. The number of hydrogen-bond donors (Lipinski definition) is 1. The number of aromatic nitrogens is 1. The van der Waals surface area contributed by atoms with Gasteiger partial charge in [0.05, 0.1) is 43.8 Å². The number of hydrogen-bond acceptors (Lipinski definition) is 11. The van der Waals surface area contributed by atoms with Crippen LogP contribution in [0.1, 0.15) is 45.1 Å². The van der Waals surface area contributed by atoms with Crippen molar-refractivity contribution in [2.75, 3.05) is 12.4 Å². The zero-order chi connectivity index (χ0) is 22.4. The number of methoxy groups -OCH3 is 1. The van der Waals surface area contributed by atoms with Gasteiger partial charge >= 0.3 is 18.4 Å². The van der Waals surface area contributed by atoms with Gasteiger partial charge < -0.3 is 39.3 Å². The lowest BCUT2D eigenvalue weighted by Crippen LogP contribution is -2.36. The van der Waals surface area contributed by atoms with Gasteiger partial charge in [-0.25, -0.2) is 4.98 Å². The maximum atomic E-state index is 11.4. The first kappa shape index (κ1) is 25.6. The summed E-state index contributed by atoms with van der Waals surface area (Å²) in [6.45, 7) is 6.00. The quantitative estimate of drug-likeness (QED) is 0.292. The molecule has 0 atom stereocenters. The number of nitrogens with zero attached hydrogens (tertiary/aromatic N) is 1. The fraction of sp³-hybridized carbons (Fsp3) is 0.500. The van der Waals surface area contributed by atoms with E-state index >= 15 is 0 Å². The van der Waals surface area contributed by atoms with Crippen molar-refractivity contribution in [1.29, 1.82) is 0 Å². The van der Waals surface area contributed by atoms with Gasteiger partial charge in [0.25, 0.3) is 0 Å². The Kier molecular flexibility index (Phi) is 12.1. The minimum Gasteiger partial charge on any atom is -0.550 e. The Labute approximate surface area is 168 Å². The first-order valence-corrected chi connectivity index (χ1v) is 8.68. The number of rotatable bonds is 10. The lowest BCUT2D eigenvalue weighted by atomic mass is 10.2. The molecule has 0 aliphatic heterocycles. The molecule has 0 aromatic carbocycles. The van der Waals surface area contributed by atoms with Crippen LogP contribution < -0.4 is 20.3 Å². The third-order valence-corrected chi connectivity index (χ3v) is 3.12. The largest absolute Gasteiger partial charge is 0.550 e. The van der Waals surface area contributed by atoms with Crippen molar-refractivity contribution >= 4 is 29.6 Å². The van der Waals surface area contributed by atoms with E-state index in [-0.39, 0.29) is 5.69 Å². The van der Waals surface area contributed by atoms with Gasteiger partial charge in [-0.05, 0) is 12.5 Å². The van der Waals surface area contributed by atoms with Crippen molar-refractivity contribution in [3.63, 3.8) is 0 Å². The van der Waals surface area contributed by atoms with Gasteiger partial charge in [-0.3, -0.25) is 9.59 Å². The maximum Gasteiger partial charge on any atom is 0.329 e. The molecule has 0 saturated carbocycles. The Morgan fingerprint density at radius 1 is 1.03 bits per heavy atom. The second-order valence-corrected chi connectivity index (χ2v) is 5.60. The molecule has 1 aromatic heterocycles. The van der Waals surface area contributed by atoms with Gasteiger partial charge in [0.2, 0.25) is 5.88 Å². The number of carboxylic acid groups (broad SMARTS) is 2. The number of unbranched alkanes of at least 4 members (excludes halogenated alkanes) is 1. The summed E-state index contributed by atoms with van der Waals surface area (Å²) in [5.74, 6) is -5.64. The molecule has 1 aromatic rings. The summed E-state index contributed by atoms with van der Waals surface area (Å²) >= 11 is 0. The molecule has 1 N–H and O–H groups in total. The standard InChI is InChI=1S/C14H16N2O9.C4H10/c1-7-3-9(23-2)15-6-8(7)16-14(24-12(21)4-10(17)18)25-13(22)5-11(19)20;1-3-4-2/h3,6,14,16H,4-5H2,1-2H3,(H,17,18)(H,19,20);3-4H2,1-2H3/p-2. The first-order valence-electron chi connectivity index (χ1n) is 8.68. The SMILES string of the molecule is CCCC.COc1cc(C)c(NC(OC(=O)CC(=O)[O-])OC(=O)CC(=O)[O-])cn1. The van der Waals surface area contributed by atoms with Crippen LogP contribution >= 0.6 is 0 Å². The summed E-state index contributed by atoms with van der Waals surface area (Å²) in [6, 6.07) is 1.52. The Morgan fingerprint density at radius 2 is 1.52 bits per heavy atom. The summed E-state index contributed by atoms with van der Waals surface area (Å²) in [7, 11) is 1.40. The highest BCUT2D eigenvalue weighted by Gasteiger charge is 2.20. The number of nitrogens with one attached hydrogen (secondary N) is 1. The van der Waals surface area contributed by atoms with Crippen LogP contribution in [0.4, 0.5) is 5.69 Å². The van der Waals surface area contributed by atoms with Crippen LogP contribution in [0.2, 0.25) is 0 Å². The molecule has 0 fully saturated rings. The monoisotopic (exact) mass is 412 g/mol. The number of esters is 2. The molecule has 0 aliphatic rings. The lowest BCUT2D eigenvalue weighted by molar-refractivity contribution is -0.306. The molecule has 11 heteroatoms. The number of carbonyl (C=O) groups excluding carboxylic acids is 4. The van der Waals surface area contributed by atoms with E-state index in [1.54, 1.807) is 6.92 Å². The minimum atomic E-state index is -1.78. The van der Waals surface area contributed by atoms with Gasteiger partial charge in [-0.15, -0.1) is 0 Å². The second kappa shape index (κ2) is 13.7. The van der Waals surface area contributed by atoms with E-state index in [0.29, 0.717) is 11.4 Å². The van der Waals surface area contributed by atoms with Crippen LogP contribution in [0.25, 0.3) is 0 Å². The molecule has 0 spiro atoms. The normalized spacial score (nSPS) is 9.69. The third kappa shape index (κ3) is 11.8. The van der Waals surface area contributed by atoms with E-state index in [1.165, 1.54) is 32.2 Å². The molecule has 11 nitrogen and oxygen atoms in total. The first-order chi connectivity index (χ1) is 13.6. The summed E-state index contributed by atoms with van der Waals surface area (Å²) in [5, 5.41) is 23.3. The van der Waals surface area contributed by atoms with Crippen molar-refractivity contribution in [3.05, 3.63) is 17.8 Å². The maximum absolute atomic E-state index is 11.4. The van der Waals surface area contributed by atoms with Crippen LogP contribution in [0.15, 0.2) is 12.3 Å². The van der Waals surface area contributed by atoms with Crippen molar-refractivity contribution in [2.45, 2.75) is 52.9 Å². The average molecular weight is 412 g/mol. The van der Waals surface area contributed by atoms with E-state index in [9.17, 15) is 29.4 Å². The van der Waals surface area contributed by atoms with E-state index in [1.807, 2.05) is 0 Å². The van der Waals surface area contributed by atoms with Crippen molar-refractivity contribution in [1.82, 2.24) is 4.98 Å². The van der Waals surface area contributed by atoms with Crippen molar-refractivity contribution in [3.8, 4) is 5.88 Å². The third-order valence-electron chi connectivity index (χ3n) is 3.12. The number of pyridine rings is 1. The van der Waals surface area contributed by atoms with E-state index in [2.05, 4.69) is 33.6 Å².